The Balaban J connectivity index is 2.72. The Morgan fingerprint density at radius 3 is 2.65 bits per heavy atom. The van der Waals surface area contributed by atoms with Crippen LogP contribution >= 0.6 is 0 Å². The third-order valence-corrected chi connectivity index (χ3v) is 2.22. The van der Waals surface area contributed by atoms with E-state index in [1.807, 2.05) is 0 Å². The molecule has 0 aromatic carbocycles. The number of rotatable bonds is 6. The zero-order valence-electron chi connectivity index (χ0n) is 10.1. The third kappa shape index (κ3) is 4.84. The Kier molecular flexibility index (Phi) is 5.02. The first-order chi connectivity index (χ1) is 9.23. The van der Waals surface area contributed by atoms with E-state index in [4.69, 9.17) is 5.11 Å². The lowest BCUT2D eigenvalue weighted by Gasteiger charge is -2.22. The molecule has 1 heterocycles. The molecule has 0 aliphatic carbocycles. The zero-order valence-corrected chi connectivity index (χ0v) is 10.1. The second-order valence-electron chi connectivity index (χ2n) is 3.81. The number of nitrogens with zero attached hydrogens (tertiary/aromatic N) is 4. The van der Waals surface area contributed by atoms with Crippen molar-refractivity contribution < 1.29 is 28.0 Å². The number of carbonyl (C=O) groups is 1. The molecular weight excluding hydrogens is 285 g/mol. The van der Waals surface area contributed by atoms with Gasteiger partial charge < -0.3 is 10.0 Å². The number of aromatic nitrogens is 2. The van der Waals surface area contributed by atoms with E-state index in [9.17, 15) is 28.1 Å². The van der Waals surface area contributed by atoms with Gasteiger partial charge in [0.25, 0.3) is 0 Å². The molecule has 11 heteroatoms. The van der Waals surface area contributed by atoms with Crippen LogP contribution in [0.15, 0.2) is 12.4 Å². The Morgan fingerprint density at radius 2 is 2.20 bits per heavy atom. The highest BCUT2D eigenvalue weighted by Gasteiger charge is 2.32. The van der Waals surface area contributed by atoms with E-state index in [-0.39, 0.29) is 5.69 Å². The number of halogens is 3. The molecule has 0 saturated heterocycles. The summed E-state index contributed by atoms with van der Waals surface area (Å²) in [6, 6.07) is 0. The lowest BCUT2D eigenvalue weighted by Crippen LogP contribution is -2.42. The number of nitro groups is 1. The number of hydrogen-bond acceptors (Lipinski definition) is 5. The van der Waals surface area contributed by atoms with Gasteiger partial charge in [0.1, 0.15) is 25.5 Å². The molecule has 1 rings (SSSR count). The van der Waals surface area contributed by atoms with Gasteiger partial charge >= 0.3 is 11.9 Å². The minimum Gasteiger partial charge on any atom is -0.395 e. The monoisotopic (exact) mass is 296 g/mol. The lowest BCUT2D eigenvalue weighted by molar-refractivity contribution is -0.385. The molecular formula is C9H11F3N4O4. The fraction of sp³-hybridized carbons (Fsp3) is 0.556. The number of aliphatic hydroxyl groups is 1. The summed E-state index contributed by atoms with van der Waals surface area (Å²) in [6.07, 6.45) is -2.78. The summed E-state index contributed by atoms with van der Waals surface area (Å²) in [5.74, 6) is -0.950. The largest absolute Gasteiger partial charge is 0.406 e. The number of carbonyl (C=O) groups excluding carboxylic acids is 1. The van der Waals surface area contributed by atoms with Crippen molar-refractivity contribution in [2.24, 2.45) is 0 Å². The molecule has 0 radical (unpaired) electrons. The van der Waals surface area contributed by atoms with Gasteiger partial charge in [0.15, 0.2) is 0 Å². The van der Waals surface area contributed by atoms with E-state index in [1.54, 1.807) is 0 Å². The summed E-state index contributed by atoms with van der Waals surface area (Å²) in [5.41, 5.74) is -0.373. The zero-order chi connectivity index (χ0) is 15.3. The van der Waals surface area contributed by atoms with Crippen molar-refractivity contribution in [2.75, 3.05) is 19.7 Å². The van der Waals surface area contributed by atoms with E-state index >= 15 is 0 Å². The van der Waals surface area contributed by atoms with Crippen LogP contribution in [0.5, 0.6) is 0 Å². The van der Waals surface area contributed by atoms with Crippen LogP contribution < -0.4 is 0 Å². The first-order valence-corrected chi connectivity index (χ1v) is 5.35. The number of hydrogen-bond donors (Lipinski definition) is 1. The quantitative estimate of drug-likeness (QED) is 0.596. The van der Waals surface area contributed by atoms with Gasteiger partial charge in [0, 0.05) is 6.54 Å². The standard InChI is InChI=1S/C9H11F3N4O4/c10-9(11,12)6-14(1-2-17)8(18)5-15-4-7(3-13-15)16(19)20/h3-4,17H,1-2,5-6H2. The van der Waals surface area contributed by atoms with Crippen molar-refractivity contribution in [1.29, 1.82) is 0 Å². The molecule has 0 aliphatic heterocycles. The molecule has 0 atom stereocenters. The molecule has 0 bridgehead atoms. The van der Waals surface area contributed by atoms with Crippen LogP contribution in [0.4, 0.5) is 18.9 Å². The summed E-state index contributed by atoms with van der Waals surface area (Å²) >= 11 is 0. The van der Waals surface area contributed by atoms with E-state index in [0.29, 0.717) is 4.90 Å². The van der Waals surface area contributed by atoms with Gasteiger partial charge in [0.2, 0.25) is 5.91 Å². The highest BCUT2D eigenvalue weighted by atomic mass is 19.4. The highest BCUT2D eigenvalue weighted by Crippen LogP contribution is 2.17. The Morgan fingerprint density at radius 1 is 1.55 bits per heavy atom. The number of amides is 1. The SMILES string of the molecule is O=C(Cn1cc([N+](=O)[O-])cn1)N(CCO)CC(F)(F)F. The normalized spacial score (nSPS) is 11.4. The second kappa shape index (κ2) is 6.32. The van der Waals surface area contributed by atoms with Gasteiger partial charge in [-0.25, -0.2) is 0 Å². The van der Waals surface area contributed by atoms with Gasteiger partial charge in [0.05, 0.1) is 11.5 Å². The summed E-state index contributed by atoms with van der Waals surface area (Å²) in [7, 11) is 0. The highest BCUT2D eigenvalue weighted by molar-refractivity contribution is 5.76. The molecule has 20 heavy (non-hydrogen) atoms. The average molecular weight is 296 g/mol. The number of alkyl halides is 3. The first-order valence-electron chi connectivity index (χ1n) is 5.35. The summed E-state index contributed by atoms with van der Waals surface area (Å²) in [5, 5.41) is 22.6. The maximum atomic E-state index is 12.3. The van der Waals surface area contributed by atoms with Crippen molar-refractivity contribution >= 4 is 11.6 Å². The average Bonchev–Trinajstić information content (AvgIpc) is 2.75. The van der Waals surface area contributed by atoms with Crippen molar-refractivity contribution in [3.05, 3.63) is 22.5 Å². The molecule has 0 aliphatic rings. The summed E-state index contributed by atoms with van der Waals surface area (Å²) in [4.78, 5) is 21.7. The fourth-order valence-corrected chi connectivity index (χ4v) is 1.40. The van der Waals surface area contributed by atoms with E-state index < -0.39 is 43.2 Å². The molecule has 1 aromatic heterocycles. The molecule has 1 amide bonds. The fourth-order valence-electron chi connectivity index (χ4n) is 1.40. The lowest BCUT2D eigenvalue weighted by atomic mass is 10.4. The smallest absolute Gasteiger partial charge is 0.395 e. The Bertz CT molecular complexity index is 488. The maximum absolute atomic E-state index is 12.3. The van der Waals surface area contributed by atoms with E-state index in [2.05, 4.69) is 5.10 Å². The van der Waals surface area contributed by atoms with Crippen LogP contribution in [0.1, 0.15) is 0 Å². The predicted molar refractivity (Wildman–Crippen MR) is 58.6 cm³/mol. The predicted octanol–water partition coefficient (Wildman–Crippen LogP) is 0.174. The molecule has 0 saturated carbocycles. The van der Waals surface area contributed by atoms with Gasteiger partial charge in [-0.15, -0.1) is 0 Å². The number of aliphatic hydroxyl groups excluding tert-OH is 1. The van der Waals surface area contributed by atoms with Crippen LogP contribution in [0.3, 0.4) is 0 Å². The third-order valence-electron chi connectivity index (χ3n) is 2.22. The molecule has 0 unspecified atom stereocenters. The van der Waals surface area contributed by atoms with Crippen molar-refractivity contribution in [1.82, 2.24) is 14.7 Å². The van der Waals surface area contributed by atoms with Crippen molar-refractivity contribution in [2.45, 2.75) is 12.7 Å². The minimum absolute atomic E-state index is 0.373. The molecule has 1 N–H and O–H groups in total. The van der Waals surface area contributed by atoms with Crippen LogP contribution in [0, 0.1) is 10.1 Å². The minimum atomic E-state index is -4.60. The molecule has 0 fully saturated rings. The van der Waals surface area contributed by atoms with Crippen LogP contribution in [0.2, 0.25) is 0 Å². The van der Waals surface area contributed by atoms with Gasteiger partial charge in [-0.2, -0.15) is 18.3 Å². The van der Waals surface area contributed by atoms with Crippen molar-refractivity contribution in [3.63, 3.8) is 0 Å². The summed E-state index contributed by atoms with van der Waals surface area (Å²) < 4.78 is 37.6. The molecule has 8 nitrogen and oxygen atoms in total. The Labute approximate surface area is 110 Å². The van der Waals surface area contributed by atoms with Crippen LogP contribution in [0.25, 0.3) is 0 Å². The topological polar surface area (TPSA) is 102 Å². The van der Waals surface area contributed by atoms with Gasteiger partial charge in [-0.3, -0.25) is 19.6 Å². The van der Waals surface area contributed by atoms with E-state index in [1.165, 1.54) is 0 Å². The van der Waals surface area contributed by atoms with E-state index in [0.717, 1.165) is 17.1 Å². The van der Waals surface area contributed by atoms with Gasteiger partial charge in [-0.1, -0.05) is 0 Å². The molecule has 1 aromatic rings. The van der Waals surface area contributed by atoms with Crippen LogP contribution in [-0.4, -0.2) is 56.5 Å². The molecule has 112 valence electrons. The first kappa shape index (κ1) is 15.9. The maximum Gasteiger partial charge on any atom is 0.406 e. The summed E-state index contributed by atoms with van der Waals surface area (Å²) in [6.45, 7) is -3.19. The van der Waals surface area contributed by atoms with Crippen LogP contribution in [-0.2, 0) is 11.3 Å². The Hall–Kier alpha value is -2.17. The van der Waals surface area contributed by atoms with Gasteiger partial charge in [-0.05, 0) is 0 Å². The van der Waals surface area contributed by atoms with Crippen molar-refractivity contribution in [3.8, 4) is 0 Å². The second-order valence-corrected chi connectivity index (χ2v) is 3.81. The molecule has 0 spiro atoms.